The molecule has 1 aliphatic rings. The van der Waals surface area contributed by atoms with Crippen LogP contribution in [-0.2, 0) is 6.18 Å². The Kier molecular flexibility index (Phi) is 5.50. The summed E-state index contributed by atoms with van der Waals surface area (Å²) in [5, 5.41) is 6.35. The minimum absolute atomic E-state index is 0.254. The maximum absolute atomic E-state index is 13.2. The fraction of sp³-hybridized carbons (Fsp3) is 0.250. The van der Waals surface area contributed by atoms with Crippen molar-refractivity contribution in [2.75, 3.05) is 11.9 Å². The monoisotopic (exact) mass is 480 g/mol. The Morgan fingerprint density at radius 1 is 1.17 bits per heavy atom. The van der Waals surface area contributed by atoms with Gasteiger partial charge < -0.3 is 14.7 Å². The van der Waals surface area contributed by atoms with E-state index in [2.05, 4.69) is 31.4 Å². The number of amides is 2. The zero-order valence-electron chi connectivity index (χ0n) is 15.5. The number of hydrogen-bond acceptors (Lipinski definition) is 4. The number of halogens is 4. The summed E-state index contributed by atoms with van der Waals surface area (Å²) >= 11 is 3.36. The van der Waals surface area contributed by atoms with Crippen molar-refractivity contribution in [3.8, 4) is 11.4 Å². The number of urea groups is 1. The Morgan fingerprint density at radius 3 is 2.63 bits per heavy atom. The van der Waals surface area contributed by atoms with Crippen LogP contribution in [0, 0.1) is 0 Å². The predicted molar refractivity (Wildman–Crippen MR) is 107 cm³/mol. The minimum Gasteiger partial charge on any atom is -0.337 e. The molecule has 10 heteroatoms. The van der Waals surface area contributed by atoms with E-state index in [4.69, 9.17) is 4.52 Å². The SMILES string of the molecule is O=C(Nc1ccccc1C(F)(F)F)N1CCCC1c1nc(-c2ccc(Br)cc2)no1. The molecule has 6 nitrogen and oxygen atoms in total. The van der Waals surface area contributed by atoms with E-state index in [1.54, 1.807) is 0 Å². The van der Waals surface area contributed by atoms with E-state index >= 15 is 0 Å². The smallest absolute Gasteiger partial charge is 0.337 e. The summed E-state index contributed by atoms with van der Waals surface area (Å²) in [7, 11) is 0. The topological polar surface area (TPSA) is 71.3 Å². The summed E-state index contributed by atoms with van der Waals surface area (Å²) in [6.45, 7) is 0.376. The molecule has 1 unspecified atom stereocenters. The summed E-state index contributed by atoms with van der Waals surface area (Å²) in [5.41, 5.74) is -0.438. The highest BCUT2D eigenvalue weighted by Gasteiger charge is 2.37. The molecule has 3 aromatic rings. The van der Waals surface area contributed by atoms with Gasteiger partial charge >= 0.3 is 12.2 Å². The van der Waals surface area contributed by atoms with E-state index in [0.29, 0.717) is 25.2 Å². The van der Waals surface area contributed by atoms with Crippen LogP contribution < -0.4 is 5.32 Å². The van der Waals surface area contributed by atoms with Crippen LogP contribution in [0.2, 0.25) is 0 Å². The van der Waals surface area contributed by atoms with Crippen molar-refractivity contribution < 1.29 is 22.5 Å². The quantitative estimate of drug-likeness (QED) is 0.507. The Morgan fingerprint density at radius 2 is 1.90 bits per heavy atom. The summed E-state index contributed by atoms with van der Waals surface area (Å²) in [6.07, 6.45) is -3.31. The summed E-state index contributed by atoms with van der Waals surface area (Å²) in [4.78, 5) is 18.6. The molecule has 1 atom stereocenters. The van der Waals surface area contributed by atoms with Crippen LogP contribution in [0.15, 0.2) is 57.5 Å². The van der Waals surface area contributed by atoms with Crippen molar-refractivity contribution in [1.29, 1.82) is 0 Å². The largest absolute Gasteiger partial charge is 0.418 e. The molecule has 0 aliphatic carbocycles. The van der Waals surface area contributed by atoms with Crippen molar-refractivity contribution in [1.82, 2.24) is 15.0 Å². The van der Waals surface area contributed by atoms with Crippen LogP contribution in [0.25, 0.3) is 11.4 Å². The zero-order chi connectivity index (χ0) is 21.3. The first-order valence-electron chi connectivity index (χ1n) is 9.16. The van der Waals surface area contributed by atoms with E-state index in [0.717, 1.165) is 16.1 Å². The third-order valence-electron chi connectivity index (χ3n) is 4.82. The van der Waals surface area contributed by atoms with Crippen LogP contribution in [0.3, 0.4) is 0 Å². The van der Waals surface area contributed by atoms with Gasteiger partial charge in [-0.1, -0.05) is 33.2 Å². The van der Waals surface area contributed by atoms with Crippen molar-refractivity contribution in [3.63, 3.8) is 0 Å². The lowest BCUT2D eigenvalue weighted by atomic mass is 10.1. The number of anilines is 1. The number of alkyl halides is 3. The first kappa shape index (κ1) is 20.4. The van der Waals surface area contributed by atoms with E-state index in [1.165, 1.54) is 23.1 Å². The van der Waals surface area contributed by atoms with Gasteiger partial charge in [0.15, 0.2) is 0 Å². The minimum atomic E-state index is -4.57. The highest BCUT2D eigenvalue weighted by Crippen LogP contribution is 2.36. The number of aromatic nitrogens is 2. The van der Waals surface area contributed by atoms with E-state index in [-0.39, 0.29) is 11.6 Å². The fourth-order valence-electron chi connectivity index (χ4n) is 3.38. The molecule has 1 saturated heterocycles. The van der Waals surface area contributed by atoms with Gasteiger partial charge in [0, 0.05) is 16.6 Å². The lowest BCUT2D eigenvalue weighted by Crippen LogP contribution is -2.35. The predicted octanol–water partition coefficient (Wildman–Crippen LogP) is 5.89. The second kappa shape index (κ2) is 8.10. The van der Waals surface area contributed by atoms with Gasteiger partial charge in [-0.05, 0) is 49.2 Å². The first-order chi connectivity index (χ1) is 14.3. The molecule has 2 aromatic carbocycles. The maximum Gasteiger partial charge on any atom is 0.418 e. The van der Waals surface area contributed by atoms with Gasteiger partial charge in [0.2, 0.25) is 11.7 Å². The number of nitrogens with one attached hydrogen (secondary N) is 1. The molecule has 4 rings (SSSR count). The first-order valence-corrected chi connectivity index (χ1v) is 9.95. The van der Waals surface area contributed by atoms with Crippen molar-refractivity contribution >= 4 is 27.6 Å². The number of hydrogen-bond donors (Lipinski definition) is 1. The van der Waals surface area contributed by atoms with Crippen molar-refractivity contribution in [3.05, 3.63) is 64.5 Å². The third-order valence-corrected chi connectivity index (χ3v) is 5.35. The molecule has 1 aliphatic heterocycles. The summed E-state index contributed by atoms with van der Waals surface area (Å²) in [5.74, 6) is 0.636. The van der Waals surface area contributed by atoms with Crippen LogP contribution in [0.5, 0.6) is 0 Å². The molecular weight excluding hydrogens is 465 g/mol. The van der Waals surface area contributed by atoms with E-state index < -0.39 is 23.8 Å². The van der Waals surface area contributed by atoms with Gasteiger partial charge in [-0.3, -0.25) is 0 Å². The van der Waals surface area contributed by atoms with Crippen LogP contribution in [-0.4, -0.2) is 27.6 Å². The van der Waals surface area contributed by atoms with Gasteiger partial charge in [0.1, 0.15) is 6.04 Å². The van der Waals surface area contributed by atoms with Gasteiger partial charge in [-0.25, -0.2) is 4.79 Å². The molecule has 2 heterocycles. The standard InChI is InChI=1S/C20H16BrF3N4O2/c21-13-9-7-12(8-10-13)17-26-18(30-27-17)16-6-3-11-28(16)19(29)25-15-5-2-1-4-14(15)20(22,23)24/h1-2,4-5,7-10,16H,3,6,11H2,(H,25,29). The zero-order valence-corrected chi connectivity index (χ0v) is 17.1. The molecule has 1 fully saturated rings. The molecular formula is C20H16BrF3N4O2. The Bertz CT molecular complexity index is 1050. The second-order valence-corrected chi connectivity index (χ2v) is 7.70. The van der Waals surface area contributed by atoms with Crippen molar-refractivity contribution in [2.45, 2.75) is 25.1 Å². The molecule has 2 amide bonds. The summed E-state index contributed by atoms with van der Waals surface area (Å²) < 4.78 is 45.9. The van der Waals surface area contributed by atoms with Gasteiger partial charge in [-0.2, -0.15) is 18.2 Å². The fourth-order valence-corrected chi connectivity index (χ4v) is 3.64. The highest BCUT2D eigenvalue weighted by atomic mass is 79.9. The molecule has 0 spiro atoms. The maximum atomic E-state index is 13.2. The van der Waals surface area contributed by atoms with Gasteiger partial charge in [0.25, 0.3) is 0 Å². The molecule has 1 aromatic heterocycles. The van der Waals surface area contributed by atoms with Crippen LogP contribution in [0.4, 0.5) is 23.7 Å². The van der Waals surface area contributed by atoms with E-state index in [1.807, 2.05) is 24.3 Å². The molecule has 0 radical (unpaired) electrons. The number of rotatable bonds is 3. The number of para-hydroxylation sites is 1. The van der Waals surface area contributed by atoms with Gasteiger partial charge in [0.05, 0.1) is 11.3 Å². The molecule has 1 N–H and O–H groups in total. The normalized spacial score (nSPS) is 16.7. The van der Waals surface area contributed by atoms with Crippen molar-refractivity contribution in [2.24, 2.45) is 0 Å². The third kappa shape index (κ3) is 4.18. The molecule has 0 saturated carbocycles. The molecule has 0 bridgehead atoms. The number of likely N-dealkylation sites (tertiary alicyclic amines) is 1. The summed E-state index contributed by atoms with van der Waals surface area (Å²) in [6, 6.07) is 11.1. The Balaban J connectivity index is 1.53. The Hall–Kier alpha value is -2.88. The number of nitrogens with zero attached hydrogens (tertiary/aromatic N) is 3. The number of benzene rings is 2. The second-order valence-electron chi connectivity index (χ2n) is 6.79. The van der Waals surface area contributed by atoms with Crippen LogP contribution >= 0.6 is 15.9 Å². The number of carbonyl (C=O) groups excluding carboxylic acids is 1. The average molecular weight is 481 g/mol. The molecule has 30 heavy (non-hydrogen) atoms. The average Bonchev–Trinajstić information content (AvgIpc) is 3.37. The lowest BCUT2D eigenvalue weighted by molar-refractivity contribution is -0.136. The number of carbonyl (C=O) groups is 1. The molecule has 156 valence electrons. The lowest BCUT2D eigenvalue weighted by Gasteiger charge is -2.23. The van der Waals surface area contributed by atoms with E-state index in [9.17, 15) is 18.0 Å². The Labute approximate surface area is 178 Å². The highest BCUT2D eigenvalue weighted by molar-refractivity contribution is 9.10. The van der Waals surface area contributed by atoms with Crippen LogP contribution in [0.1, 0.15) is 30.3 Å². The van der Waals surface area contributed by atoms with Gasteiger partial charge in [-0.15, -0.1) is 0 Å².